The van der Waals surface area contributed by atoms with E-state index in [1.54, 1.807) is 30.3 Å². The molecule has 0 radical (unpaired) electrons. The van der Waals surface area contributed by atoms with Gasteiger partial charge in [0.2, 0.25) is 0 Å². The lowest BCUT2D eigenvalue weighted by Gasteiger charge is -2.11. The van der Waals surface area contributed by atoms with Gasteiger partial charge in [-0.1, -0.05) is 66.7 Å². The molecule has 1 N–H and O–H groups in total. The molecule has 0 unspecified atom stereocenters. The lowest BCUT2D eigenvalue weighted by molar-refractivity contribution is 0.0998. The highest BCUT2D eigenvalue weighted by molar-refractivity contribution is 7.89. The summed E-state index contributed by atoms with van der Waals surface area (Å²) in [6.45, 7) is 0. The van der Waals surface area contributed by atoms with Crippen LogP contribution in [0.2, 0.25) is 0 Å². The molecule has 146 valence electrons. The molecule has 0 saturated heterocycles. The Balaban J connectivity index is 1.76. The maximum absolute atomic E-state index is 13.1. The number of carbonyl (C=O) groups is 1. The Morgan fingerprint density at radius 2 is 1.55 bits per heavy atom. The van der Waals surface area contributed by atoms with Crippen LogP contribution in [0.15, 0.2) is 83.3 Å². The molecule has 0 bridgehead atoms. The summed E-state index contributed by atoms with van der Waals surface area (Å²) in [5.74, 6) is -0.740. The van der Waals surface area contributed by atoms with Crippen molar-refractivity contribution in [2.45, 2.75) is 5.75 Å². The van der Waals surface area contributed by atoms with E-state index in [2.05, 4.69) is 5.32 Å². The van der Waals surface area contributed by atoms with E-state index in [0.29, 0.717) is 22.2 Å². The van der Waals surface area contributed by atoms with Crippen LogP contribution in [0.25, 0.3) is 22.1 Å². The molecule has 6 heteroatoms. The SMILES string of the molecule is CS(=O)(=O)Cc1c(C(=O)Nc2ccccc2-c2ccccc2)oc2ccccc12. The van der Waals surface area contributed by atoms with Crippen LogP contribution in [0.4, 0.5) is 5.69 Å². The second-order valence-corrected chi connectivity index (χ2v) is 8.98. The summed E-state index contributed by atoms with van der Waals surface area (Å²) in [4.78, 5) is 13.1. The maximum Gasteiger partial charge on any atom is 0.291 e. The number of anilines is 1. The molecule has 0 aliphatic rings. The van der Waals surface area contributed by atoms with Crippen molar-refractivity contribution < 1.29 is 17.6 Å². The van der Waals surface area contributed by atoms with Crippen LogP contribution in [-0.2, 0) is 15.6 Å². The van der Waals surface area contributed by atoms with Crippen molar-refractivity contribution >= 4 is 32.4 Å². The number of para-hydroxylation sites is 2. The largest absolute Gasteiger partial charge is 0.451 e. The zero-order valence-electron chi connectivity index (χ0n) is 15.8. The summed E-state index contributed by atoms with van der Waals surface area (Å²) in [6, 6.07) is 24.2. The minimum absolute atomic E-state index is 0.0134. The molecular weight excluding hydrogens is 386 g/mol. The average Bonchev–Trinajstić information content (AvgIpc) is 3.06. The van der Waals surface area contributed by atoms with Crippen LogP contribution in [0.3, 0.4) is 0 Å². The first-order chi connectivity index (χ1) is 13.9. The number of carbonyl (C=O) groups excluding carboxylic acids is 1. The number of hydrogen-bond donors (Lipinski definition) is 1. The van der Waals surface area contributed by atoms with Crippen molar-refractivity contribution in [1.82, 2.24) is 0 Å². The molecule has 1 aromatic heterocycles. The Hall–Kier alpha value is -3.38. The summed E-state index contributed by atoms with van der Waals surface area (Å²) in [6.07, 6.45) is 1.14. The molecule has 1 heterocycles. The summed E-state index contributed by atoms with van der Waals surface area (Å²) in [7, 11) is -3.36. The van der Waals surface area contributed by atoms with Crippen LogP contribution >= 0.6 is 0 Å². The molecule has 0 spiro atoms. The van der Waals surface area contributed by atoms with Crippen molar-refractivity contribution in [3.8, 4) is 11.1 Å². The van der Waals surface area contributed by atoms with E-state index in [0.717, 1.165) is 17.4 Å². The molecule has 4 rings (SSSR count). The molecule has 4 aromatic rings. The normalized spacial score (nSPS) is 11.5. The van der Waals surface area contributed by atoms with Gasteiger partial charge in [-0.25, -0.2) is 8.42 Å². The summed E-state index contributed by atoms with van der Waals surface area (Å²) in [5.41, 5.74) is 3.30. The molecule has 0 atom stereocenters. The number of rotatable bonds is 5. The van der Waals surface area contributed by atoms with Gasteiger partial charge in [0, 0.05) is 28.5 Å². The Morgan fingerprint density at radius 1 is 0.897 bits per heavy atom. The summed E-state index contributed by atoms with van der Waals surface area (Å²) < 4.78 is 29.6. The molecule has 0 saturated carbocycles. The van der Waals surface area contributed by atoms with E-state index < -0.39 is 15.7 Å². The number of fused-ring (bicyclic) bond motifs is 1. The lowest BCUT2D eigenvalue weighted by Crippen LogP contribution is -2.15. The highest BCUT2D eigenvalue weighted by Crippen LogP contribution is 2.31. The van der Waals surface area contributed by atoms with E-state index >= 15 is 0 Å². The van der Waals surface area contributed by atoms with Gasteiger partial charge in [-0.3, -0.25) is 4.79 Å². The van der Waals surface area contributed by atoms with Crippen molar-refractivity contribution in [3.63, 3.8) is 0 Å². The predicted octanol–water partition coefficient (Wildman–Crippen LogP) is 4.90. The van der Waals surface area contributed by atoms with Crippen molar-refractivity contribution in [2.24, 2.45) is 0 Å². The third kappa shape index (κ3) is 4.07. The van der Waals surface area contributed by atoms with Gasteiger partial charge in [-0.05, 0) is 17.7 Å². The van der Waals surface area contributed by atoms with Gasteiger partial charge >= 0.3 is 0 Å². The molecule has 0 aliphatic carbocycles. The van der Waals surface area contributed by atoms with Gasteiger partial charge in [-0.2, -0.15) is 0 Å². The van der Waals surface area contributed by atoms with Crippen molar-refractivity contribution in [1.29, 1.82) is 0 Å². The van der Waals surface area contributed by atoms with Gasteiger partial charge in [0.05, 0.1) is 5.75 Å². The lowest BCUT2D eigenvalue weighted by atomic mass is 10.0. The van der Waals surface area contributed by atoms with Crippen LogP contribution in [0.5, 0.6) is 0 Å². The zero-order valence-corrected chi connectivity index (χ0v) is 16.6. The maximum atomic E-state index is 13.1. The molecule has 0 fully saturated rings. The van der Waals surface area contributed by atoms with Gasteiger partial charge in [-0.15, -0.1) is 0 Å². The topological polar surface area (TPSA) is 76.4 Å². The molecule has 3 aromatic carbocycles. The summed E-state index contributed by atoms with van der Waals surface area (Å²) in [5, 5.41) is 3.51. The Morgan fingerprint density at radius 3 is 2.31 bits per heavy atom. The first-order valence-electron chi connectivity index (χ1n) is 9.06. The van der Waals surface area contributed by atoms with Gasteiger partial charge < -0.3 is 9.73 Å². The second-order valence-electron chi connectivity index (χ2n) is 6.84. The summed E-state index contributed by atoms with van der Waals surface area (Å²) >= 11 is 0. The minimum atomic E-state index is -3.36. The van der Waals surface area contributed by atoms with Crippen molar-refractivity contribution in [3.05, 3.63) is 90.2 Å². The number of hydrogen-bond acceptors (Lipinski definition) is 4. The molecule has 5 nitrogen and oxygen atoms in total. The van der Waals surface area contributed by atoms with Gasteiger partial charge in [0.25, 0.3) is 5.91 Å². The molecular formula is C23H19NO4S. The molecule has 0 aliphatic heterocycles. The number of nitrogens with one attached hydrogen (secondary N) is 1. The minimum Gasteiger partial charge on any atom is -0.451 e. The third-order valence-corrected chi connectivity index (χ3v) is 5.38. The highest BCUT2D eigenvalue weighted by Gasteiger charge is 2.24. The Labute approximate surface area is 168 Å². The fourth-order valence-corrected chi connectivity index (χ4v) is 4.14. The van der Waals surface area contributed by atoms with E-state index in [1.165, 1.54) is 0 Å². The fraction of sp³-hybridized carbons (Fsp3) is 0.0870. The quantitative estimate of drug-likeness (QED) is 0.512. The van der Waals surface area contributed by atoms with E-state index in [9.17, 15) is 13.2 Å². The van der Waals surface area contributed by atoms with Crippen LogP contribution in [-0.4, -0.2) is 20.6 Å². The zero-order chi connectivity index (χ0) is 20.4. The molecule has 1 amide bonds. The van der Waals surface area contributed by atoms with E-state index in [4.69, 9.17) is 4.42 Å². The van der Waals surface area contributed by atoms with Crippen molar-refractivity contribution in [2.75, 3.05) is 11.6 Å². The van der Waals surface area contributed by atoms with E-state index in [-0.39, 0.29) is 11.5 Å². The Kier molecular flexibility index (Phi) is 4.94. The second kappa shape index (κ2) is 7.56. The highest BCUT2D eigenvalue weighted by atomic mass is 32.2. The predicted molar refractivity (Wildman–Crippen MR) is 115 cm³/mol. The van der Waals surface area contributed by atoms with Crippen LogP contribution in [0, 0.1) is 0 Å². The smallest absolute Gasteiger partial charge is 0.291 e. The van der Waals surface area contributed by atoms with Crippen LogP contribution < -0.4 is 5.32 Å². The third-order valence-electron chi connectivity index (χ3n) is 4.57. The van der Waals surface area contributed by atoms with Gasteiger partial charge in [0.15, 0.2) is 15.6 Å². The first kappa shape index (κ1) is 19.0. The fourth-order valence-electron chi connectivity index (χ4n) is 3.33. The number of sulfone groups is 1. The first-order valence-corrected chi connectivity index (χ1v) is 11.1. The number of amides is 1. The van der Waals surface area contributed by atoms with E-state index in [1.807, 2.05) is 48.5 Å². The monoisotopic (exact) mass is 405 g/mol. The standard InChI is InChI=1S/C23H19NO4S/c1-29(26,27)15-19-18-12-6-8-14-21(18)28-22(19)23(25)24-20-13-7-5-11-17(20)16-9-3-2-4-10-16/h2-14H,15H2,1H3,(H,24,25). The molecule has 29 heavy (non-hydrogen) atoms. The average molecular weight is 405 g/mol. The Bertz CT molecular complexity index is 1290. The van der Waals surface area contributed by atoms with Gasteiger partial charge in [0.1, 0.15) is 5.58 Å². The number of furan rings is 1. The number of benzene rings is 3. The van der Waals surface area contributed by atoms with Crippen LogP contribution in [0.1, 0.15) is 16.1 Å².